The Balaban J connectivity index is 1.50. The molecule has 1 aliphatic rings. The third kappa shape index (κ3) is 3.85. The van der Waals surface area contributed by atoms with Crippen LogP contribution in [-0.2, 0) is 0 Å². The van der Waals surface area contributed by atoms with Crippen molar-refractivity contribution in [1.29, 1.82) is 0 Å². The SMILES string of the molecule is Cc1cc(C(=O)N[C@@H](C)c2nc3c(N)cc(Cl)cc3[nH]2)ccc1C(=O)N1CCCC1. The molecule has 7 nitrogen and oxygen atoms in total. The molecule has 1 aliphatic heterocycles. The number of nitrogens with two attached hydrogens (primary N) is 1. The Labute approximate surface area is 179 Å². The Hall–Kier alpha value is -3.06. The molecule has 4 N–H and O–H groups in total. The predicted molar refractivity (Wildman–Crippen MR) is 118 cm³/mol. The van der Waals surface area contributed by atoms with Gasteiger partial charge in [0.05, 0.1) is 17.2 Å². The third-order valence-electron chi connectivity index (χ3n) is 5.47. The number of rotatable bonds is 4. The van der Waals surface area contributed by atoms with E-state index in [4.69, 9.17) is 17.3 Å². The van der Waals surface area contributed by atoms with E-state index in [1.54, 1.807) is 30.3 Å². The van der Waals surface area contributed by atoms with Gasteiger partial charge in [-0.25, -0.2) is 4.98 Å². The van der Waals surface area contributed by atoms with E-state index in [1.165, 1.54) is 0 Å². The van der Waals surface area contributed by atoms with Crippen LogP contribution in [0.4, 0.5) is 5.69 Å². The lowest BCUT2D eigenvalue weighted by Crippen LogP contribution is -2.29. The minimum atomic E-state index is -0.366. The molecular weight excluding hydrogens is 402 g/mol. The van der Waals surface area contributed by atoms with Gasteiger partial charge in [-0.15, -0.1) is 0 Å². The number of aryl methyl sites for hydroxylation is 1. The summed E-state index contributed by atoms with van der Waals surface area (Å²) in [5, 5.41) is 3.46. The van der Waals surface area contributed by atoms with E-state index in [0.717, 1.165) is 37.0 Å². The van der Waals surface area contributed by atoms with Gasteiger partial charge >= 0.3 is 0 Å². The maximum atomic E-state index is 12.8. The quantitative estimate of drug-likeness (QED) is 0.552. The summed E-state index contributed by atoms with van der Waals surface area (Å²) in [4.78, 5) is 34.9. The van der Waals surface area contributed by atoms with Crippen molar-refractivity contribution in [3.05, 3.63) is 57.9 Å². The van der Waals surface area contributed by atoms with Crippen molar-refractivity contribution in [3.8, 4) is 0 Å². The maximum Gasteiger partial charge on any atom is 0.254 e. The Kier molecular flexibility index (Phi) is 5.39. The molecule has 0 radical (unpaired) electrons. The monoisotopic (exact) mass is 425 g/mol. The second-order valence-corrected chi connectivity index (χ2v) is 8.17. The number of aromatic nitrogens is 2. The Bertz CT molecular complexity index is 1130. The van der Waals surface area contributed by atoms with Gasteiger partial charge in [0.15, 0.2) is 0 Å². The zero-order valence-electron chi connectivity index (χ0n) is 17.0. The highest BCUT2D eigenvalue weighted by atomic mass is 35.5. The zero-order chi connectivity index (χ0) is 21.4. The molecule has 8 heteroatoms. The van der Waals surface area contributed by atoms with Crippen LogP contribution in [0.15, 0.2) is 30.3 Å². The Morgan fingerprint density at radius 3 is 2.67 bits per heavy atom. The molecule has 156 valence electrons. The first-order valence-electron chi connectivity index (χ1n) is 9.99. The van der Waals surface area contributed by atoms with Crippen LogP contribution in [0.25, 0.3) is 11.0 Å². The number of nitrogen functional groups attached to an aromatic ring is 1. The van der Waals surface area contributed by atoms with Crippen LogP contribution < -0.4 is 11.1 Å². The van der Waals surface area contributed by atoms with Gasteiger partial charge in [0, 0.05) is 29.2 Å². The number of halogens is 1. The second-order valence-electron chi connectivity index (χ2n) is 7.74. The van der Waals surface area contributed by atoms with Crippen LogP contribution in [0, 0.1) is 6.92 Å². The molecule has 2 heterocycles. The van der Waals surface area contributed by atoms with Crippen LogP contribution in [-0.4, -0.2) is 39.8 Å². The van der Waals surface area contributed by atoms with Crippen LogP contribution in [0.3, 0.4) is 0 Å². The first-order chi connectivity index (χ1) is 14.3. The topological polar surface area (TPSA) is 104 Å². The van der Waals surface area contributed by atoms with E-state index < -0.39 is 0 Å². The predicted octanol–water partition coefficient (Wildman–Crippen LogP) is 3.83. The van der Waals surface area contributed by atoms with Crippen LogP contribution in [0.2, 0.25) is 5.02 Å². The smallest absolute Gasteiger partial charge is 0.254 e. The first kappa shape index (κ1) is 20.2. The largest absolute Gasteiger partial charge is 0.397 e. The number of aromatic amines is 1. The highest BCUT2D eigenvalue weighted by molar-refractivity contribution is 6.31. The summed E-state index contributed by atoms with van der Waals surface area (Å²) in [6.45, 7) is 5.29. The molecule has 3 aromatic rings. The molecule has 30 heavy (non-hydrogen) atoms. The molecule has 2 aromatic carbocycles. The van der Waals surface area contributed by atoms with Crippen LogP contribution >= 0.6 is 11.6 Å². The van der Waals surface area contributed by atoms with Gasteiger partial charge in [0.25, 0.3) is 11.8 Å². The van der Waals surface area contributed by atoms with Crippen molar-refractivity contribution in [3.63, 3.8) is 0 Å². The van der Waals surface area contributed by atoms with Gasteiger partial charge in [-0.3, -0.25) is 9.59 Å². The van der Waals surface area contributed by atoms with Crippen molar-refractivity contribution >= 4 is 40.1 Å². The van der Waals surface area contributed by atoms with E-state index in [2.05, 4.69) is 15.3 Å². The standard InChI is InChI=1S/C22H24ClN5O2/c1-12-9-14(5-6-16(12)22(30)28-7-3-4-8-28)21(29)25-13(2)20-26-18-11-15(23)10-17(24)19(18)27-20/h5-6,9-11,13H,3-4,7-8,24H2,1-2H3,(H,25,29)(H,26,27)/t13-/m0/s1. The highest BCUT2D eigenvalue weighted by Gasteiger charge is 2.22. The number of H-pyrrole nitrogens is 1. The minimum Gasteiger partial charge on any atom is -0.397 e. The fourth-order valence-electron chi connectivity index (χ4n) is 3.82. The van der Waals surface area contributed by atoms with E-state index in [0.29, 0.717) is 33.2 Å². The van der Waals surface area contributed by atoms with Gasteiger partial charge in [-0.05, 0) is 62.6 Å². The lowest BCUT2D eigenvalue weighted by molar-refractivity contribution is 0.0791. The highest BCUT2D eigenvalue weighted by Crippen LogP contribution is 2.26. The van der Waals surface area contributed by atoms with Crippen molar-refractivity contribution in [2.24, 2.45) is 0 Å². The maximum absolute atomic E-state index is 12.8. The number of hydrogen-bond acceptors (Lipinski definition) is 4. The van der Waals surface area contributed by atoms with Gasteiger partial charge in [-0.1, -0.05) is 11.6 Å². The molecule has 0 bridgehead atoms. The molecule has 2 amide bonds. The van der Waals surface area contributed by atoms with Crippen molar-refractivity contribution < 1.29 is 9.59 Å². The molecule has 1 saturated heterocycles. The van der Waals surface area contributed by atoms with E-state index in [9.17, 15) is 9.59 Å². The molecule has 0 saturated carbocycles. The number of hydrogen-bond donors (Lipinski definition) is 3. The first-order valence-corrected chi connectivity index (χ1v) is 10.4. The second kappa shape index (κ2) is 7.99. The lowest BCUT2D eigenvalue weighted by Gasteiger charge is -2.17. The van der Waals surface area contributed by atoms with Gasteiger partial charge < -0.3 is 20.9 Å². The number of fused-ring (bicyclic) bond motifs is 1. The fraction of sp³-hybridized carbons (Fsp3) is 0.318. The molecule has 0 aliphatic carbocycles. The number of benzene rings is 2. The van der Waals surface area contributed by atoms with Crippen LogP contribution in [0.1, 0.15) is 57.9 Å². The van der Waals surface area contributed by atoms with Crippen molar-refractivity contribution in [2.75, 3.05) is 18.8 Å². The summed E-state index contributed by atoms with van der Waals surface area (Å²) >= 11 is 6.04. The summed E-state index contributed by atoms with van der Waals surface area (Å²) in [6, 6.07) is 8.20. The summed E-state index contributed by atoms with van der Waals surface area (Å²) in [5.74, 6) is 0.381. The molecule has 0 unspecified atom stereocenters. The zero-order valence-corrected chi connectivity index (χ0v) is 17.7. The van der Waals surface area contributed by atoms with Gasteiger partial charge in [0.2, 0.25) is 0 Å². The number of carbonyl (C=O) groups is 2. The number of nitrogens with zero attached hydrogens (tertiary/aromatic N) is 2. The summed E-state index contributed by atoms with van der Waals surface area (Å²) in [7, 11) is 0. The van der Waals surface area contributed by atoms with Crippen LogP contribution in [0.5, 0.6) is 0 Å². The number of likely N-dealkylation sites (tertiary alicyclic amines) is 1. The minimum absolute atomic E-state index is 0.0313. The summed E-state index contributed by atoms with van der Waals surface area (Å²) in [6.07, 6.45) is 2.09. The Morgan fingerprint density at radius 2 is 1.97 bits per heavy atom. The molecule has 1 aromatic heterocycles. The van der Waals surface area contributed by atoms with Gasteiger partial charge in [0.1, 0.15) is 11.3 Å². The van der Waals surface area contributed by atoms with Crippen molar-refractivity contribution in [2.45, 2.75) is 32.7 Å². The molecule has 4 rings (SSSR count). The van der Waals surface area contributed by atoms with Crippen molar-refractivity contribution in [1.82, 2.24) is 20.2 Å². The van der Waals surface area contributed by atoms with E-state index >= 15 is 0 Å². The van der Waals surface area contributed by atoms with Gasteiger partial charge in [-0.2, -0.15) is 0 Å². The molecule has 1 fully saturated rings. The molecule has 1 atom stereocenters. The third-order valence-corrected chi connectivity index (χ3v) is 5.69. The van der Waals surface area contributed by atoms with E-state index in [-0.39, 0.29) is 17.9 Å². The number of imidazole rings is 1. The average molecular weight is 426 g/mol. The lowest BCUT2D eigenvalue weighted by atomic mass is 10.0. The summed E-state index contributed by atoms with van der Waals surface area (Å²) in [5.41, 5.74) is 9.73. The number of anilines is 1. The number of carbonyl (C=O) groups excluding carboxylic acids is 2. The fourth-order valence-corrected chi connectivity index (χ4v) is 4.04. The number of nitrogens with one attached hydrogen (secondary N) is 2. The molecule has 0 spiro atoms. The summed E-state index contributed by atoms with van der Waals surface area (Å²) < 4.78 is 0. The Morgan fingerprint density at radius 1 is 1.23 bits per heavy atom. The normalized spacial score (nSPS) is 14.8. The molecular formula is C22H24ClN5O2. The average Bonchev–Trinajstić information content (AvgIpc) is 3.37. The van der Waals surface area contributed by atoms with E-state index in [1.807, 2.05) is 18.7 Å². The number of amides is 2.